The second-order valence-electron chi connectivity index (χ2n) is 7.74. The summed E-state index contributed by atoms with van der Waals surface area (Å²) in [5.74, 6) is -0.0725. The second kappa shape index (κ2) is 17.2. The van der Waals surface area contributed by atoms with E-state index in [4.69, 9.17) is 10.2 Å². The van der Waals surface area contributed by atoms with Crippen LogP contribution in [-0.2, 0) is 9.59 Å². The Balaban J connectivity index is 0.00000245. The number of ketones is 2. The molecule has 0 aromatic heterocycles. The first kappa shape index (κ1) is 27.3. The van der Waals surface area contributed by atoms with Crippen molar-refractivity contribution in [2.24, 2.45) is 11.8 Å². The van der Waals surface area contributed by atoms with Crippen molar-refractivity contribution in [2.75, 3.05) is 6.61 Å². The highest BCUT2D eigenvalue weighted by Crippen LogP contribution is 2.36. The van der Waals surface area contributed by atoms with Gasteiger partial charge in [-0.2, -0.15) is 0 Å². The number of rotatable bonds is 14. The number of aliphatic hydroxyl groups is 4. The van der Waals surface area contributed by atoms with Gasteiger partial charge in [-0.15, -0.1) is 0 Å². The zero-order chi connectivity index (χ0) is 22.1. The molecular formula is C23H40O6. The van der Waals surface area contributed by atoms with Crippen molar-refractivity contribution in [3.63, 3.8) is 0 Å². The average Bonchev–Trinajstić information content (AvgIpc) is 3.05. The van der Waals surface area contributed by atoms with E-state index in [2.05, 4.69) is 13.5 Å². The van der Waals surface area contributed by atoms with Gasteiger partial charge in [0.1, 0.15) is 12.4 Å². The molecular weight excluding hydrogens is 372 g/mol. The molecule has 0 bridgehead atoms. The minimum atomic E-state index is -0.673. The van der Waals surface area contributed by atoms with Crippen LogP contribution in [0.15, 0.2) is 24.7 Å². The van der Waals surface area contributed by atoms with Crippen LogP contribution in [0, 0.1) is 11.8 Å². The lowest BCUT2D eigenvalue weighted by Gasteiger charge is -2.19. The lowest BCUT2D eigenvalue weighted by molar-refractivity contribution is -0.121. The predicted octanol–water partition coefficient (Wildman–Crippen LogP) is 4.55. The average molecular weight is 413 g/mol. The molecule has 0 radical (unpaired) electrons. The molecule has 0 aliphatic heterocycles. The number of carbonyl (C=O) groups is 2. The number of carbonyl (C=O) groups excluding carboxylic acids is 2. The lowest BCUT2D eigenvalue weighted by Crippen LogP contribution is -2.16. The summed E-state index contributed by atoms with van der Waals surface area (Å²) in [5, 5.41) is 35.3. The van der Waals surface area contributed by atoms with Crippen LogP contribution in [-0.4, -0.2) is 44.7 Å². The van der Waals surface area contributed by atoms with Crippen molar-refractivity contribution < 1.29 is 30.0 Å². The SMILES string of the molecule is C=CO.CCCC[C@H](O)CCC[C@H]1CCC(=O)[C@@H]1CCCCC=C(O)C(=O)CO. The summed E-state index contributed by atoms with van der Waals surface area (Å²) in [6.45, 7) is 4.37. The van der Waals surface area contributed by atoms with Gasteiger partial charge in [0.15, 0.2) is 5.76 Å². The monoisotopic (exact) mass is 412 g/mol. The third-order valence-corrected chi connectivity index (χ3v) is 5.48. The maximum Gasteiger partial charge on any atom is 0.221 e. The predicted molar refractivity (Wildman–Crippen MR) is 115 cm³/mol. The molecule has 1 fully saturated rings. The summed E-state index contributed by atoms with van der Waals surface area (Å²) in [5.41, 5.74) is 0. The van der Waals surface area contributed by atoms with Crippen molar-refractivity contribution in [1.82, 2.24) is 0 Å². The Morgan fingerprint density at radius 2 is 1.86 bits per heavy atom. The smallest absolute Gasteiger partial charge is 0.221 e. The molecule has 0 aromatic rings. The minimum Gasteiger partial charge on any atom is -0.516 e. The summed E-state index contributed by atoms with van der Waals surface area (Å²) in [6, 6.07) is 0. The zero-order valence-corrected chi connectivity index (χ0v) is 17.9. The highest BCUT2D eigenvalue weighted by Gasteiger charge is 2.33. The van der Waals surface area contributed by atoms with Crippen molar-refractivity contribution >= 4 is 11.6 Å². The summed E-state index contributed by atoms with van der Waals surface area (Å²) in [4.78, 5) is 23.2. The molecule has 0 heterocycles. The van der Waals surface area contributed by atoms with Crippen LogP contribution < -0.4 is 0 Å². The molecule has 0 aromatic carbocycles. The van der Waals surface area contributed by atoms with Crippen LogP contribution in [0.4, 0.5) is 0 Å². The van der Waals surface area contributed by atoms with Gasteiger partial charge in [0, 0.05) is 12.3 Å². The molecule has 1 rings (SSSR count). The van der Waals surface area contributed by atoms with E-state index in [1.54, 1.807) is 0 Å². The Bertz CT molecular complexity index is 500. The molecule has 0 saturated heterocycles. The van der Waals surface area contributed by atoms with Gasteiger partial charge in [-0.05, 0) is 56.9 Å². The van der Waals surface area contributed by atoms with Gasteiger partial charge in [0.2, 0.25) is 5.78 Å². The quantitative estimate of drug-likeness (QED) is 0.189. The second-order valence-corrected chi connectivity index (χ2v) is 7.74. The third kappa shape index (κ3) is 12.5. The van der Waals surface area contributed by atoms with Crippen LogP contribution in [0.2, 0.25) is 0 Å². The molecule has 3 atom stereocenters. The van der Waals surface area contributed by atoms with Crippen molar-refractivity contribution in [3.8, 4) is 0 Å². The number of hydrogen-bond acceptors (Lipinski definition) is 6. The number of hydrogen-bond donors (Lipinski definition) is 4. The lowest BCUT2D eigenvalue weighted by atomic mass is 9.86. The first-order valence-electron chi connectivity index (χ1n) is 10.9. The van der Waals surface area contributed by atoms with Crippen molar-refractivity contribution in [1.29, 1.82) is 0 Å². The number of aliphatic hydroxyl groups excluding tert-OH is 4. The molecule has 1 aliphatic carbocycles. The van der Waals surface area contributed by atoms with E-state index in [1.807, 2.05) is 0 Å². The van der Waals surface area contributed by atoms with Crippen LogP contribution in [0.3, 0.4) is 0 Å². The van der Waals surface area contributed by atoms with Crippen LogP contribution in [0.1, 0.15) is 84.0 Å². The molecule has 6 nitrogen and oxygen atoms in total. The zero-order valence-electron chi connectivity index (χ0n) is 17.9. The molecule has 6 heteroatoms. The maximum atomic E-state index is 12.1. The van der Waals surface area contributed by atoms with Crippen LogP contribution in [0.25, 0.3) is 0 Å². The van der Waals surface area contributed by atoms with E-state index in [0.29, 0.717) is 24.5 Å². The summed E-state index contributed by atoms with van der Waals surface area (Å²) in [7, 11) is 0. The fraction of sp³-hybridized carbons (Fsp3) is 0.739. The Labute approximate surface area is 175 Å². The number of unbranched alkanes of at least 4 members (excludes halogenated alkanes) is 3. The molecule has 0 amide bonds. The Morgan fingerprint density at radius 3 is 2.48 bits per heavy atom. The van der Waals surface area contributed by atoms with Gasteiger partial charge in [-0.3, -0.25) is 9.59 Å². The first-order chi connectivity index (χ1) is 13.9. The standard InChI is InChI=1S/C21H36O5.C2H4O/c1-2-3-9-17(23)10-7-8-16-13-14-19(24)18(16)11-5-4-6-12-20(25)21(26)15-22;1-2-3/h12,16-18,22-23,25H,2-11,13-15H2,1H3;2-3H,1H2/t16-,17-,18+;/m0./s1. The molecule has 0 unspecified atom stereocenters. The van der Waals surface area contributed by atoms with E-state index in [9.17, 15) is 19.8 Å². The Morgan fingerprint density at radius 1 is 1.21 bits per heavy atom. The van der Waals surface area contributed by atoms with Crippen molar-refractivity contribution in [2.45, 2.75) is 90.1 Å². The van der Waals surface area contributed by atoms with E-state index in [-0.39, 0.29) is 17.8 Å². The summed E-state index contributed by atoms with van der Waals surface area (Å²) in [6.07, 6.45) is 12.7. The van der Waals surface area contributed by atoms with E-state index < -0.39 is 12.4 Å². The Hall–Kier alpha value is -1.66. The van der Waals surface area contributed by atoms with Gasteiger partial charge >= 0.3 is 0 Å². The first-order valence-corrected chi connectivity index (χ1v) is 10.9. The van der Waals surface area contributed by atoms with E-state index >= 15 is 0 Å². The fourth-order valence-electron chi connectivity index (χ4n) is 3.86. The number of allylic oxidation sites excluding steroid dienone is 1. The fourth-order valence-corrected chi connectivity index (χ4v) is 3.86. The number of Topliss-reactive ketones (excluding diaryl/α,β-unsaturated/α-hetero) is 2. The third-order valence-electron chi connectivity index (χ3n) is 5.48. The molecule has 0 spiro atoms. The van der Waals surface area contributed by atoms with Gasteiger partial charge in [-0.25, -0.2) is 0 Å². The van der Waals surface area contributed by atoms with E-state index in [0.717, 1.165) is 70.5 Å². The normalized spacial score (nSPS) is 20.1. The summed E-state index contributed by atoms with van der Waals surface area (Å²) >= 11 is 0. The van der Waals surface area contributed by atoms with Gasteiger partial charge in [0.25, 0.3) is 0 Å². The molecule has 29 heavy (non-hydrogen) atoms. The largest absolute Gasteiger partial charge is 0.516 e. The molecule has 1 saturated carbocycles. The van der Waals surface area contributed by atoms with Gasteiger partial charge in [0.05, 0.1) is 12.4 Å². The highest BCUT2D eigenvalue weighted by molar-refractivity contribution is 5.93. The Kier molecular flexibility index (Phi) is 16.2. The van der Waals surface area contributed by atoms with Crippen LogP contribution in [0.5, 0.6) is 0 Å². The molecule has 168 valence electrons. The van der Waals surface area contributed by atoms with Gasteiger partial charge < -0.3 is 20.4 Å². The van der Waals surface area contributed by atoms with Gasteiger partial charge in [-0.1, -0.05) is 39.2 Å². The minimum absolute atomic E-state index is 0.138. The highest BCUT2D eigenvalue weighted by atomic mass is 16.3. The maximum absolute atomic E-state index is 12.1. The summed E-state index contributed by atoms with van der Waals surface area (Å²) < 4.78 is 0. The molecule has 1 aliphatic rings. The molecule has 4 N–H and O–H groups in total. The topological polar surface area (TPSA) is 115 Å². The van der Waals surface area contributed by atoms with Crippen LogP contribution >= 0.6 is 0 Å². The van der Waals surface area contributed by atoms with E-state index in [1.165, 1.54) is 6.08 Å². The van der Waals surface area contributed by atoms with Crippen molar-refractivity contribution in [3.05, 3.63) is 24.7 Å².